The van der Waals surface area contributed by atoms with E-state index in [9.17, 15) is 4.79 Å². The van der Waals surface area contributed by atoms with Crippen molar-refractivity contribution in [1.29, 1.82) is 0 Å². The standard InChI is InChI=1S/C6H11NO.H2O/c7-6(8)5-3-1-2-4-5;/h5H,1-4H2,(H2,7,8);1H2. The van der Waals surface area contributed by atoms with E-state index in [0.29, 0.717) is 0 Å². The number of primary amides is 1. The minimum Gasteiger partial charge on any atom is -0.412 e. The van der Waals surface area contributed by atoms with Crippen LogP contribution in [0.4, 0.5) is 0 Å². The molecule has 1 aliphatic carbocycles. The summed E-state index contributed by atoms with van der Waals surface area (Å²) in [5.74, 6) is 0.0949. The molecule has 1 fully saturated rings. The quantitative estimate of drug-likeness (QED) is 0.527. The number of carbonyl (C=O) groups excluding carboxylic acids is 1. The van der Waals surface area contributed by atoms with E-state index in [2.05, 4.69) is 0 Å². The second-order valence-electron chi connectivity index (χ2n) is 2.38. The highest BCUT2D eigenvalue weighted by molar-refractivity contribution is 5.76. The Kier molecular flexibility index (Phi) is 3.24. The van der Waals surface area contributed by atoms with Crippen LogP contribution in [0, 0.1) is 5.92 Å². The SMILES string of the molecule is NC(=O)C1CCCC1.O. The van der Waals surface area contributed by atoms with Crippen LogP contribution in [-0.4, -0.2) is 11.4 Å². The van der Waals surface area contributed by atoms with Crippen LogP contribution in [0.15, 0.2) is 0 Å². The van der Waals surface area contributed by atoms with Crippen molar-refractivity contribution in [3.63, 3.8) is 0 Å². The minimum atomic E-state index is -0.109. The van der Waals surface area contributed by atoms with Gasteiger partial charge in [0, 0.05) is 5.92 Å². The molecule has 1 aliphatic rings. The van der Waals surface area contributed by atoms with Gasteiger partial charge in [-0.25, -0.2) is 0 Å². The maximum Gasteiger partial charge on any atom is 0.220 e. The van der Waals surface area contributed by atoms with Crippen molar-refractivity contribution in [2.75, 3.05) is 0 Å². The van der Waals surface area contributed by atoms with Crippen molar-refractivity contribution in [2.24, 2.45) is 11.7 Å². The van der Waals surface area contributed by atoms with E-state index in [-0.39, 0.29) is 17.3 Å². The summed E-state index contributed by atoms with van der Waals surface area (Å²) in [5, 5.41) is 0. The molecule has 0 aromatic rings. The Morgan fingerprint density at radius 3 is 2.00 bits per heavy atom. The van der Waals surface area contributed by atoms with E-state index in [1.165, 1.54) is 12.8 Å². The molecule has 0 aliphatic heterocycles. The predicted molar refractivity (Wildman–Crippen MR) is 34.8 cm³/mol. The fourth-order valence-corrected chi connectivity index (χ4v) is 1.21. The molecule has 0 spiro atoms. The molecule has 1 saturated carbocycles. The Balaban J connectivity index is 0.000000640. The fourth-order valence-electron chi connectivity index (χ4n) is 1.21. The topological polar surface area (TPSA) is 74.6 Å². The third-order valence-corrected chi connectivity index (χ3v) is 1.76. The minimum absolute atomic E-state index is 0. The largest absolute Gasteiger partial charge is 0.412 e. The van der Waals surface area contributed by atoms with Gasteiger partial charge in [-0.05, 0) is 12.8 Å². The lowest BCUT2D eigenvalue weighted by molar-refractivity contribution is -0.121. The van der Waals surface area contributed by atoms with E-state index < -0.39 is 0 Å². The molecule has 0 aromatic carbocycles. The number of hydrogen-bond acceptors (Lipinski definition) is 1. The molecule has 0 aromatic heterocycles. The maximum absolute atomic E-state index is 10.4. The molecule has 0 bridgehead atoms. The fraction of sp³-hybridized carbons (Fsp3) is 0.833. The molecule has 0 unspecified atom stereocenters. The number of carbonyl (C=O) groups is 1. The van der Waals surface area contributed by atoms with E-state index in [0.717, 1.165) is 12.8 Å². The van der Waals surface area contributed by atoms with E-state index in [1.807, 2.05) is 0 Å². The smallest absolute Gasteiger partial charge is 0.220 e. The van der Waals surface area contributed by atoms with Crippen LogP contribution < -0.4 is 5.73 Å². The van der Waals surface area contributed by atoms with Gasteiger partial charge >= 0.3 is 0 Å². The average Bonchev–Trinajstić information content (AvgIpc) is 2.12. The Morgan fingerprint density at radius 1 is 1.33 bits per heavy atom. The highest BCUT2D eigenvalue weighted by Gasteiger charge is 2.19. The van der Waals surface area contributed by atoms with E-state index in [4.69, 9.17) is 5.73 Å². The van der Waals surface area contributed by atoms with Crippen LogP contribution >= 0.6 is 0 Å². The molecule has 1 amide bonds. The predicted octanol–water partition coefficient (Wildman–Crippen LogP) is -0.163. The van der Waals surface area contributed by atoms with Crippen molar-refractivity contribution < 1.29 is 10.3 Å². The second-order valence-corrected chi connectivity index (χ2v) is 2.38. The van der Waals surface area contributed by atoms with Crippen LogP contribution in [-0.2, 0) is 4.79 Å². The van der Waals surface area contributed by atoms with Crippen molar-refractivity contribution in [3.8, 4) is 0 Å². The van der Waals surface area contributed by atoms with Gasteiger partial charge in [-0.15, -0.1) is 0 Å². The van der Waals surface area contributed by atoms with E-state index in [1.54, 1.807) is 0 Å². The molecular formula is C6H13NO2. The molecule has 54 valence electrons. The molecule has 0 saturated heterocycles. The Hall–Kier alpha value is -0.570. The van der Waals surface area contributed by atoms with E-state index >= 15 is 0 Å². The van der Waals surface area contributed by atoms with Gasteiger partial charge in [-0.3, -0.25) is 4.79 Å². The summed E-state index contributed by atoms with van der Waals surface area (Å²) < 4.78 is 0. The summed E-state index contributed by atoms with van der Waals surface area (Å²) in [6.45, 7) is 0. The first-order chi connectivity index (χ1) is 3.80. The first-order valence-electron chi connectivity index (χ1n) is 3.10. The van der Waals surface area contributed by atoms with Crippen LogP contribution in [0.3, 0.4) is 0 Å². The highest BCUT2D eigenvalue weighted by Crippen LogP contribution is 2.23. The number of hydrogen-bond donors (Lipinski definition) is 1. The van der Waals surface area contributed by atoms with Gasteiger partial charge in [0.05, 0.1) is 0 Å². The molecular weight excluding hydrogens is 118 g/mol. The van der Waals surface area contributed by atoms with Crippen LogP contribution in [0.2, 0.25) is 0 Å². The molecule has 3 nitrogen and oxygen atoms in total. The van der Waals surface area contributed by atoms with Gasteiger partial charge in [-0.1, -0.05) is 12.8 Å². The normalized spacial score (nSPS) is 19.1. The van der Waals surface area contributed by atoms with Crippen LogP contribution in [0.1, 0.15) is 25.7 Å². The Morgan fingerprint density at radius 2 is 1.78 bits per heavy atom. The lowest BCUT2D eigenvalue weighted by Crippen LogP contribution is -2.19. The van der Waals surface area contributed by atoms with Crippen LogP contribution in [0.25, 0.3) is 0 Å². The molecule has 0 radical (unpaired) electrons. The van der Waals surface area contributed by atoms with Crippen molar-refractivity contribution in [1.82, 2.24) is 0 Å². The average molecular weight is 131 g/mol. The van der Waals surface area contributed by atoms with Crippen molar-refractivity contribution >= 4 is 5.91 Å². The second kappa shape index (κ2) is 3.45. The van der Waals surface area contributed by atoms with Crippen LogP contribution in [0.5, 0.6) is 0 Å². The number of nitrogens with two attached hydrogens (primary N) is 1. The molecule has 0 atom stereocenters. The summed E-state index contributed by atoms with van der Waals surface area (Å²) in [5.41, 5.74) is 5.06. The maximum atomic E-state index is 10.4. The third kappa shape index (κ3) is 2.01. The number of amides is 1. The summed E-state index contributed by atoms with van der Waals surface area (Å²) in [7, 11) is 0. The Bertz CT molecular complexity index is 97.2. The lowest BCUT2D eigenvalue weighted by Gasteiger charge is -1.98. The molecule has 9 heavy (non-hydrogen) atoms. The van der Waals surface area contributed by atoms with Gasteiger partial charge < -0.3 is 11.2 Å². The zero-order valence-electron chi connectivity index (χ0n) is 5.39. The van der Waals surface area contributed by atoms with Gasteiger partial charge in [0.2, 0.25) is 5.91 Å². The van der Waals surface area contributed by atoms with Gasteiger partial charge in [0.1, 0.15) is 0 Å². The summed E-state index contributed by atoms with van der Waals surface area (Å²) >= 11 is 0. The lowest BCUT2D eigenvalue weighted by atomic mass is 10.1. The molecule has 4 N–H and O–H groups in total. The Labute approximate surface area is 54.5 Å². The third-order valence-electron chi connectivity index (χ3n) is 1.76. The van der Waals surface area contributed by atoms with Gasteiger partial charge in [0.25, 0.3) is 0 Å². The molecule has 1 rings (SSSR count). The van der Waals surface area contributed by atoms with Gasteiger partial charge in [-0.2, -0.15) is 0 Å². The highest BCUT2D eigenvalue weighted by atomic mass is 16.1. The first-order valence-corrected chi connectivity index (χ1v) is 3.10. The molecule has 3 heteroatoms. The molecule has 0 heterocycles. The van der Waals surface area contributed by atoms with Crippen molar-refractivity contribution in [3.05, 3.63) is 0 Å². The van der Waals surface area contributed by atoms with Gasteiger partial charge in [0.15, 0.2) is 0 Å². The monoisotopic (exact) mass is 131 g/mol. The zero-order chi connectivity index (χ0) is 5.98. The number of rotatable bonds is 1. The summed E-state index contributed by atoms with van der Waals surface area (Å²) in [6.07, 6.45) is 4.42. The first kappa shape index (κ1) is 8.43. The summed E-state index contributed by atoms with van der Waals surface area (Å²) in [6, 6.07) is 0. The zero-order valence-corrected chi connectivity index (χ0v) is 5.39. The van der Waals surface area contributed by atoms with Crippen molar-refractivity contribution in [2.45, 2.75) is 25.7 Å². The summed E-state index contributed by atoms with van der Waals surface area (Å²) in [4.78, 5) is 10.4.